The highest BCUT2D eigenvalue weighted by molar-refractivity contribution is 7.13. The zero-order valence-electron chi connectivity index (χ0n) is 14.8. The molecule has 0 unspecified atom stereocenters. The average molecular weight is 392 g/mol. The summed E-state index contributed by atoms with van der Waals surface area (Å²) in [6.45, 7) is 3.85. The Labute approximate surface area is 160 Å². The molecule has 1 saturated heterocycles. The normalized spacial score (nSPS) is 14.7. The van der Waals surface area contributed by atoms with Crippen molar-refractivity contribution >= 4 is 28.3 Å². The quantitative estimate of drug-likeness (QED) is 0.776. The number of benzene rings is 1. The standard InChI is InChI=1S/C18H21FN4O3S/c19-15-3-1-14(2-4-15)17(25)23(7-6-22-8-10-26-11-9-22)13-16(24)21-18-20-5-12-27-18/h1-5,12H,6-11,13H2,(H,20,21,24). The minimum Gasteiger partial charge on any atom is -0.379 e. The van der Waals surface area contributed by atoms with E-state index in [1.807, 2.05) is 0 Å². The Morgan fingerprint density at radius 2 is 2.00 bits per heavy atom. The van der Waals surface area contributed by atoms with Crippen molar-refractivity contribution in [3.05, 3.63) is 47.2 Å². The molecule has 1 fully saturated rings. The van der Waals surface area contributed by atoms with Crippen molar-refractivity contribution in [3.8, 4) is 0 Å². The summed E-state index contributed by atoms with van der Waals surface area (Å²) < 4.78 is 18.5. The van der Waals surface area contributed by atoms with Crippen LogP contribution < -0.4 is 5.32 Å². The van der Waals surface area contributed by atoms with Crippen molar-refractivity contribution in [1.29, 1.82) is 0 Å². The SMILES string of the molecule is O=C(CN(CCN1CCOCC1)C(=O)c1ccc(F)cc1)Nc1nccs1. The first-order valence-electron chi connectivity index (χ1n) is 8.66. The number of morpholine rings is 1. The zero-order valence-corrected chi connectivity index (χ0v) is 15.6. The van der Waals surface area contributed by atoms with Crippen molar-refractivity contribution in [3.63, 3.8) is 0 Å². The summed E-state index contributed by atoms with van der Waals surface area (Å²) in [6.07, 6.45) is 1.60. The molecule has 9 heteroatoms. The van der Waals surface area contributed by atoms with Crippen molar-refractivity contribution in [2.24, 2.45) is 0 Å². The third-order valence-electron chi connectivity index (χ3n) is 4.18. The largest absolute Gasteiger partial charge is 0.379 e. The molecule has 1 aliphatic heterocycles. The van der Waals surface area contributed by atoms with E-state index in [4.69, 9.17) is 4.74 Å². The lowest BCUT2D eigenvalue weighted by molar-refractivity contribution is -0.117. The molecule has 0 aliphatic carbocycles. The molecule has 1 aromatic heterocycles. The maximum atomic E-state index is 13.2. The second-order valence-corrected chi connectivity index (χ2v) is 6.97. The first kappa shape index (κ1) is 19.4. The third-order valence-corrected chi connectivity index (χ3v) is 4.87. The molecular formula is C18H21FN4O3S. The van der Waals surface area contributed by atoms with Gasteiger partial charge in [-0.3, -0.25) is 14.5 Å². The topological polar surface area (TPSA) is 74.8 Å². The number of anilines is 1. The molecule has 1 aromatic carbocycles. The highest BCUT2D eigenvalue weighted by Gasteiger charge is 2.21. The van der Waals surface area contributed by atoms with E-state index in [9.17, 15) is 14.0 Å². The first-order valence-corrected chi connectivity index (χ1v) is 9.54. The number of hydrogen-bond acceptors (Lipinski definition) is 6. The molecule has 2 aromatic rings. The van der Waals surface area contributed by atoms with Crippen molar-refractivity contribution in [2.75, 3.05) is 51.3 Å². The molecular weight excluding hydrogens is 371 g/mol. The lowest BCUT2D eigenvalue weighted by Crippen LogP contribution is -2.45. The van der Waals surface area contributed by atoms with Crippen LogP contribution in [-0.4, -0.2) is 72.5 Å². The number of halogens is 1. The van der Waals surface area contributed by atoms with Crippen LogP contribution in [0.1, 0.15) is 10.4 Å². The van der Waals surface area contributed by atoms with E-state index in [1.54, 1.807) is 11.6 Å². The van der Waals surface area contributed by atoms with Gasteiger partial charge in [-0.15, -0.1) is 11.3 Å². The van der Waals surface area contributed by atoms with Gasteiger partial charge in [0.2, 0.25) is 5.91 Å². The van der Waals surface area contributed by atoms with Gasteiger partial charge in [0.15, 0.2) is 5.13 Å². The summed E-state index contributed by atoms with van der Waals surface area (Å²) in [5.74, 6) is -1.03. The van der Waals surface area contributed by atoms with Gasteiger partial charge >= 0.3 is 0 Å². The van der Waals surface area contributed by atoms with E-state index < -0.39 is 5.82 Å². The minimum atomic E-state index is -0.409. The molecule has 0 spiro atoms. The van der Waals surface area contributed by atoms with Crippen molar-refractivity contribution in [1.82, 2.24) is 14.8 Å². The third kappa shape index (κ3) is 5.81. The Hall–Kier alpha value is -2.36. The molecule has 27 heavy (non-hydrogen) atoms. The summed E-state index contributed by atoms with van der Waals surface area (Å²) in [4.78, 5) is 32.8. The second-order valence-electron chi connectivity index (χ2n) is 6.07. The van der Waals surface area contributed by atoms with Crippen LogP contribution in [0.2, 0.25) is 0 Å². The van der Waals surface area contributed by atoms with Gasteiger partial charge in [-0.25, -0.2) is 9.37 Å². The van der Waals surface area contributed by atoms with Crippen molar-refractivity contribution < 1.29 is 18.7 Å². The minimum absolute atomic E-state index is 0.0971. The van der Waals surface area contributed by atoms with E-state index in [1.165, 1.54) is 40.5 Å². The maximum Gasteiger partial charge on any atom is 0.254 e. The number of hydrogen-bond donors (Lipinski definition) is 1. The first-order chi connectivity index (χ1) is 13.1. The number of rotatable bonds is 7. The van der Waals surface area contributed by atoms with Gasteiger partial charge < -0.3 is 15.0 Å². The fraction of sp³-hybridized carbons (Fsp3) is 0.389. The number of aromatic nitrogens is 1. The highest BCUT2D eigenvalue weighted by Crippen LogP contribution is 2.11. The molecule has 0 atom stereocenters. The van der Waals surface area contributed by atoms with Gasteiger partial charge in [-0.05, 0) is 24.3 Å². The number of nitrogens with zero attached hydrogens (tertiary/aromatic N) is 3. The predicted molar refractivity (Wildman–Crippen MR) is 100 cm³/mol. The second kappa shape index (κ2) is 9.54. The van der Waals surface area contributed by atoms with E-state index >= 15 is 0 Å². The number of carbonyl (C=O) groups is 2. The Kier molecular flexibility index (Phi) is 6.86. The fourth-order valence-corrected chi connectivity index (χ4v) is 3.28. The predicted octanol–water partition coefficient (Wildman–Crippen LogP) is 1.70. The number of ether oxygens (including phenoxy) is 1. The molecule has 2 heterocycles. The van der Waals surface area contributed by atoms with E-state index in [2.05, 4.69) is 15.2 Å². The summed E-state index contributed by atoms with van der Waals surface area (Å²) >= 11 is 1.31. The molecule has 3 rings (SSSR count). The summed E-state index contributed by atoms with van der Waals surface area (Å²) in [5.41, 5.74) is 0.348. The Balaban J connectivity index is 1.65. The fourth-order valence-electron chi connectivity index (χ4n) is 2.73. The molecule has 0 saturated carbocycles. The van der Waals surface area contributed by atoms with Crippen LogP contribution in [0, 0.1) is 5.82 Å². The molecule has 144 valence electrons. The average Bonchev–Trinajstić information content (AvgIpc) is 3.19. The highest BCUT2D eigenvalue weighted by atomic mass is 32.1. The van der Waals surface area contributed by atoms with Crippen LogP contribution >= 0.6 is 11.3 Å². The maximum absolute atomic E-state index is 13.2. The van der Waals surface area contributed by atoms with Crippen LogP contribution in [0.5, 0.6) is 0 Å². The lowest BCUT2D eigenvalue weighted by atomic mass is 10.2. The Bertz CT molecular complexity index is 748. The lowest BCUT2D eigenvalue weighted by Gasteiger charge is -2.30. The van der Waals surface area contributed by atoms with Gasteiger partial charge in [0.25, 0.3) is 5.91 Å². The molecule has 0 bridgehead atoms. The Morgan fingerprint density at radius 1 is 1.26 bits per heavy atom. The molecule has 1 N–H and O–H groups in total. The number of thiazole rings is 1. The number of carbonyl (C=O) groups excluding carboxylic acids is 2. The molecule has 7 nitrogen and oxygen atoms in total. The zero-order chi connectivity index (χ0) is 19.1. The van der Waals surface area contributed by atoms with Crippen LogP contribution in [-0.2, 0) is 9.53 Å². The summed E-state index contributed by atoms with van der Waals surface area (Å²) in [5, 5.41) is 4.93. The summed E-state index contributed by atoms with van der Waals surface area (Å²) in [7, 11) is 0. The molecule has 1 aliphatic rings. The van der Waals surface area contributed by atoms with Crippen molar-refractivity contribution in [2.45, 2.75) is 0 Å². The van der Waals surface area contributed by atoms with E-state index in [0.29, 0.717) is 37.0 Å². The molecule has 0 radical (unpaired) electrons. The number of nitrogens with one attached hydrogen (secondary N) is 1. The van der Waals surface area contributed by atoms with Gasteiger partial charge in [0.05, 0.1) is 13.2 Å². The van der Waals surface area contributed by atoms with E-state index in [0.717, 1.165) is 13.1 Å². The smallest absolute Gasteiger partial charge is 0.254 e. The monoisotopic (exact) mass is 392 g/mol. The van der Waals surface area contributed by atoms with Gasteiger partial charge in [-0.1, -0.05) is 0 Å². The molecule has 2 amide bonds. The van der Waals surface area contributed by atoms with Gasteiger partial charge in [0.1, 0.15) is 12.4 Å². The van der Waals surface area contributed by atoms with Crippen LogP contribution in [0.15, 0.2) is 35.8 Å². The van der Waals surface area contributed by atoms with E-state index in [-0.39, 0.29) is 18.4 Å². The number of amides is 2. The van der Waals surface area contributed by atoms with Crippen LogP contribution in [0.3, 0.4) is 0 Å². The van der Waals surface area contributed by atoms with Crippen LogP contribution in [0.25, 0.3) is 0 Å². The van der Waals surface area contributed by atoms with Gasteiger partial charge in [0, 0.05) is 43.3 Å². The summed E-state index contributed by atoms with van der Waals surface area (Å²) in [6, 6.07) is 5.34. The Morgan fingerprint density at radius 3 is 2.67 bits per heavy atom. The van der Waals surface area contributed by atoms with Gasteiger partial charge in [-0.2, -0.15) is 0 Å². The van der Waals surface area contributed by atoms with Crippen LogP contribution in [0.4, 0.5) is 9.52 Å².